The number of alkyl halides is 1. The summed E-state index contributed by atoms with van der Waals surface area (Å²) in [6, 6.07) is 23.9. The molecule has 4 rings (SSSR count). The molecule has 0 spiro atoms. The number of carbonyl (C=O) groups excluding carboxylic acids is 1. The zero-order chi connectivity index (χ0) is 18.6. The van der Waals surface area contributed by atoms with E-state index in [-0.39, 0.29) is 5.91 Å². The Bertz CT molecular complexity index is 1070. The fraction of sp³-hybridized carbons (Fsp3) is 0.0909. The Morgan fingerprint density at radius 3 is 2.59 bits per heavy atom. The number of hydrogen-bond acceptors (Lipinski definition) is 3. The molecule has 0 aliphatic carbocycles. The number of anilines is 1. The summed E-state index contributed by atoms with van der Waals surface area (Å²) in [5.74, 6) is -0.270. The number of fused-ring (bicyclic) bond motifs is 1. The van der Waals surface area contributed by atoms with Gasteiger partial charge in [0.2, 0.25) is 5.91 Å². The van der Waals surface area contributed by atoms with E-state index in [2.05, 4.69) is 40.6 Å². The molecule has 1 aromatic heterocycles. The van der Waals surface area contributed by atoms with Gasteiger partial charge in [-0.15, -0.1) is 22.9 Å². The van der Waals surface area contributed by atoms with Crippen molar-refractivity contribution in [2.75, 3.05) is 5.32 Å². The molecule has 5 heteroatoms. The van der Waals surface area contributed by atoms with Crippen LogP contribution in [0.4, 0.5) is 5.13 Å². The zero-order valence-corrected chi connectivity index (χ0v) is 16.0. The number of aromatic nitrogens is 1. The summed E-state index contributed by atoms with van der Waals surface area (Å²) in [7, 11) is 0. The normalized spacial score (nSPS) is 12.0. The lowest BCUT2D eigenvalue weighted by Crippen LogP contribution is -2.17. The number of benzene rings is 3. The number of carbonyl (C=O) groups is 1. The first-order valence-electron chi connectivity index (χ1n) is 8.62. The molecule has 1 amide bonds. The number of amides is 1. The summed E-state index contributed by atoms with van der Waals surface area (Å²) >= 11 is 7.75. The van der Waals surface area contributed by atoms with Crippen LogP contribution in [0.2, 0.25) is 0 Å². The van der Waals surface area contributed by atoms with E-state index in [0.29, 0.717) is 5.13 Å². The molecule has 1 heterocycles. The molecule has 0 aliphatic rings. The first-order chi connectivity index (χ1) is 13.2. The molecule has 0 aliphatic heterocycles. The van der Waals surface area contributed by atoms with Crippen LogP contribution in [-0.4, -0.2) is 10.9 Å². The third-order valence-corrected chi connectivity index (χ3v) is 5.71. The van der Waals surface area contributed by atoms with Crippen LogP contribution < -0.4 is 5.32 Å². The Hall–Kier alpha value is -2.69. The molecule has 0 radical (unpaired) electrons. The van der Waals surface area contributed by atoms with Gasteiger partial charge in [0.05, 0.1) is 0 Å². The lowest BCUT2D eigenvalue weighted by Gasteiger charge is -2.08. The maximum Gasteiger partial charge on any atom is 0.248 e. The lowest BCUT2D eigenvalue weighted by atomic mass is 10.0. The van der Waals surface area contributed by atoms with Crippen molar-refractivity contribution in [3.8, 4) is 0 Å². The summed E-state index contributed by atoms with van der Waals surface area (Å²) < 4.78 is 0. The van der Waals surface area contributed by atoms with Crippen LogP contribution in [0.5, 0.6) is 0 Å². The van der Waals surface area contributed by atoms with Crippen molar-refractivity contribution in [1.82, 2.24) is 4.98 Å². The maximum atomic E-state index is 12.4. The third kappa shape index (κ3) is 4.02. The van der Waals surface area contributed by atoms with Gasteiger partial charge in [-0.3, -0.25) is 4.79 Å². The Morgan fingerprint density at radius 2 is 1.74 bits per heavy atom. The van der Waals surface area contributed by atoms with Gasteiger partial charge in [0.15, 0.2) is 5.13 Å². The highest BCUT2D eigenvalue weighted by Gasteiger charge is 2.18. The number of nitrogens with one attached hydrogen (secondary N) is 1. The molecule has 3 aromatic carbocycles. The standard InChI is InChI=1S/C22H17ClN2OS/c23-20(16-8-2-1-3-9-16)21(26)25-22-24-14-18(27-22)13-17-11-6-10-15-7-4-5-12-19(15)17/h1-12,14,20H,13H2,(H,24,25,26). The number of nitrogens with zero attached hydrogens (tertiary/aromatic N) is 1. The average molecular weight is 393 g/mol. The van der Waals surface area contributed by atoms with E-state index in [9.17, 15) is 4.79 Å². The average Bonchev–Trinajstić information content (AvgIpc) is 3.15. The molecule has 1 N–H and O–H groups in total. The quantitative estimate of drug-likeness (QED) is 0.436. The Morgan fingerprint density at radius 1 is 1.00 bits per heavy atom. The van der Waals surface area contributed by atoms with Gasteiger partial charge in [0.1, 0.15) is 5.38 Å². The number of thiazole rings is 1. The molecule has 0 saturated carbocycles. The van der Waals surface area contributed by atoms with Crippen molar-refractivity contribution in [2.45, 2.75) is 11.8 Å². The number of rotatable bonds is 5. The van der Waals surface area contributed by atoms with E-state index in [4.69, 9.17) is 11.6 Å². The molecule has 27 heavy (non-hydrogen) atoms. The van der Waals surface area contributed by atoms with Crippen molar-refractivity contribution >= 4 is 44.7 Å². The summed E-state index contributed by atoms with van der Waals surface area (Å²) in [6.45, 7) is 0. The Balaban J connectivity index is 1.48. The van der Waals surface area contributed by atoms with Gasteiger partial charge < -0.3 is 5.32 Å². The van der Waals surface area contributed by atoms with Crippen LogP contribution >= 0.6 is 22.9 Å². The first-order valence-corrected chi connectivity index (χ1v) is 9.87. The van der Waals surface area contributed by atoms with Gasteiger partial charge in [-0.2, -0.15) is 0 Å². The summed E-state index contributed by atoms with van der Waals surface area (Å²) in [5.41, 5.74) is 2.01. The first kappa shape index (κ1) is 17.7. The van der Waals surface area contributed by atoms with E-state index in [0.717, 1.165) is 16.9 Å². The highest BCUT2D eigenvalue weighted by Crippen LogP contribution is 2.27. The largest absolute Gasteiger partial charge is 0.300 e. The van der Waals surface area contributed by atoms with E-state index in [1.54, 1.807) is 0 Å². The fourth-order valence-corrected chi connectivity index (χ4v) is 4.06. The van der Waals surface area contributed by atoms with Crippen LogP contribution in [-0.2, 0) is 11.2 Å². The fourth-order valence-electron chi connectivity index (χ4n) is 3.02. The summed E-state index contributed by atoms with van der Waals surface area (Å²) in [6.07, 6.45) is 2.59. The van der Waals surface area contributed by atoms with E-state index in [1.165, 1.54) is 27.7 Å². The SMILES string of the molecule is O=C(Nc1ncc(Cc2cccc3ccccc23)s1)C(Cl)c1ccccc1. The van der Waals surface area contributed by atoms with E-state index < -0.39 is 5.38 Å². The predicted molar refractivity (Wildman–Crippen MR) is 113 cm³/mol. The van der Waals surface area contributed by atoms with Crippen molar-refractivity contribution in [3.63, 3.8) is 0 Å². The van der Waals surface area contributed by atoms with Crippen LogP contribution in [0.15, 0.2) is 79.0 Å². The third-order valence-electron chi connectivity index (χ3n) is 4.35. The Kier molecular flexibility index (Phi) is 5.19. The van der Waals surface area contributed by atoms with Gasteiger partial charge in [-0.1, -0.05) is 72.8 Å². The molecule has 1 unspecified atom stereocenters. The number of hydrogen-bond donors (Lipinski definition) is 1. The van der Waals surface area contributed by atoms with Crippen molar-refractivity contribution in [2.24, 2.45) is 0 Å². The predicted octanol–water partition coefficient (Wildman–Crippen LogP) is 5.81. The second-order valence-corrected chi connectivity index (χ2v) is 7.76. The highest BCUT2D eigenvalue weighted by atomic mass is 35.5. The van der Waals surface area contributed by atoms with Gasteiger partial charge in [0, 0.05) is 17.5 Å². The molecule has 0 saturated heterocycles. The van der Waals surface area contributed by atoms with Crippen molar-refractivity contribution in [1.29, 1.82) is 0 Å². The highest BCUT2D eigenvalue weighted by molar-refractivity contribution is 7.15. The molecule has 0 fully saturated rings. The molecule has 0 bridgehead atoms. The van der Waals surface area contributed by atoms with Crippen molar-refractivity contribution < 1.29 is 4.79 Å². The minimum atomic E-state index is -0.739. The van der Waals surface area contributed by atoms with E-state index in [1.807, 2.05) is 48.7 Å². The minimum Gasteiger partial charge on any atom is -0.300 e. The topological polar surface area (TPSA) is 42.0 Å². The second-order valence-electron chi connectivity index (χ2n) is 6.21. The monoisotopic (exact) mass is 392 g/mol. The zero-order valence-electron chi connectivity index (χ0n) is 14.4. The molecule has 3 nitrogen and oxygen atoms in total. The van der Waals surface area contributed by atoms with Gasteiger partial charge in [-0.25, -0.2) is 4.98 Å². The van der Waals surface area contributed by atoms with E-state index >= 15 is 0 Å². The maximum absolute atomic E-state index is 12.4. The van der Waals surface area contributed by atoms with Crippen LogP contribution in [0.1, 0.15) is 21.4 Å². The smallest absolute Gasteiger partial charge is 0.248 e. The summed E-state index contributed by atoms with van der Waals surface area (Å²) in [4.78, 5) is 17.8. The minimum absolute atomic E-state index is 0.270. The number of halogens is 1. The Labute approximate surface area is 166 Å². The van der Waals surface area contributed by atoms with Gasteiger partial charge in [-0.05, 0) is 21.9 Å². The van der Waals surface area contributed by atoms with Gasteiger partial charge in [0.25, 0.3) is 0 Å². The summed E-state index contributed by atoms with van der Waals surface area (Å²) in [5, 5.41) is 5.11. The second kappa shape index (κ2) is 7.91. The van der Waals surface area contributed by atoms with Crippen LogP contribution in [0.25, 0.3) is 10.8 Å². The molecule has 4 aromatic rings. The molecular weight excluding hydrogens is 376 g/mol. The van der Waals surface area contributed by atoms with Gasteiger partial charge >= 0.3 is 0 Å². The lowest BCUT2D eigenvalue weighted by molar-refractivity contribution is -0.116. The molecule has 1 atom stereocenters. The van der Waals surface area contributed by atoms with Crippen molar-refractivity contribution in [3.05, 3.63) is 95.0 Å². The molecular formula is C22H17ClN2OS. The molecule has 134 valence electrons. The van der Waals surface area contributed by atoms with Crippen LogP contribution in [0, 0.1) is 0 Å². The van der Waals surface area contributed by atoms with Crippen LogP contribution in [0.3, 0.4) is 0 Å².